The smallest absolute Gasteiger partial charge is 0.137 e. The molecule has 0 bridgehead atoms. The lowest BCUT2D eigenvalue weighted by Crippen LogP contribution is -2.52. The van der Waals surface area contributed by atoms with Gasteiger partial charge < -0.3 is 14.0 Å². The second-order valence-corrected chi connectivity index (χ2v) is 6.71. The summed E-state index contributed by atoms with van der Waals surface area (Å²) in [4.78, 5) is 0. The number of ether oxygens (including phenoxy) is 2. The van der Waals surface area contributed by atoms with Crippen molar-refractivity contribution in [3.8, 4) is 5.75 Å². The van der Waals surface area contributed by atoms with E-state index in [1.807, 2.05) is 7.11 Å². The van der Waals surface area contributed by atoms with E-state index in [4.69, 9.17) is 9.47 Å². The van der Waals surface area contributed by atoms with E-state index in [2.05, 4.69) is 32.0 Å². The Kier molecular flexibility index (Phi) is 6.71. The van der Waals surface area contributed by atoms with Gasteiger partial charge >= 0.3 is 0 Å². The lowest BCUT2D eigenvalue weighted by Gasteiger charge is -2.37. The van der Waals surface area contributed by atoms with Gasteiger partial charge in [-0.3, -0.25) is 0 Å². The summed E-state index contributed by atoms with van der Waals surface area (Å²) in [6, 6.07) is 6.35. The first-order valence-corrected chi connectivity index (χ1v) is 8.70. The predicted molar refractivity (Wildman–Crippen MR) is 91.5 cm³/mol. The lowest BCUT2D eigenvalue weighted by molar-refractivity contribution is -0.927. The molecule has 0 atom stereocenters. The van der Waals surface area contributed by atoms with Crippen LogP contribution in [0.5, 0.6) is 5.75 Å². The van der Waals surface area contributed by atoms with Crippen LogP contribution in [0.25, 0.3) is 0 Å². The zero-order valence-electron chi connectivity index (χ0n) is 14.6. The molecule has 0 aliphatic carbocycles. The molecular weight excluding hydrogens is 274 g/mol. The van der Waals surface area contributed by atoms with Gasteiger partial charge in [-0.25, -0.2) is 0 Å². The van der Waals surface area contributed by atoms with Crippen LogP contribution < -0.4 is 4.74 Å². The maximum Gasteiger partial charge on any atom is 0.137 e. The number of benzene rings is 1. The Bertz CT molecular complexity index is 430. The Labute approximate surface area is 135 Å². The van der Waals surface area contributed by atoms with Crippen molar-refractivity contribution in [1.82, 2.24) is 0 Å². The van der Waals surface area contributed by atoms with E-state index in [-0.39, 0.29) is 0 Å². The Morgan fingerprint density at radius 2 is 1.50 bits per heavy atom. The van der Waals surface area contributed by atoms with Gasteiger partial charge in [-0.1, -0.05) is 18.2 Å². The van der Waals surface area contributed by atoms with Crippen molar-refractivity contribution in [3.05, 3.63) is 29.3 Å². The molecule has 0 aromatic heterocycles. The summed E-state index contributed by atoms with van der Waals surface area (Å²) >= 11 is 0. The van der Waals surface area contributed by atoms with Gasteiger partial charge in [0, 0.05) is 7.11 Å². The summed E-state index contributed by atoms with van der Waals surface area (Å²) in [6.45, 7) is 10.7. The third-order valence-electron chi connectivity index (χ3n) is 5.01. The maximum absolute atomic E-state index is 6.16. The molecule has 22 heavy (non-hydrogen) atoms. The second kappa shape index (κ2) is 8.54. The summed E-state index contributed by atoms with van der Waals surface area (Å²) in [5.74, 6) is 1.07. The van der Waals surface area contributed by atoms with Crippen molar-refractivity contribution < 1.29 is 14.0 Å². The van der Waals surface area contributed by atoms with Gasteiger partial charge in [-0.05, 0) is 50.7 Å². The van der Waals surface area contributed by atoms with E-state index in [1.54, 1.807) is 0 Å². The molecule has 1 heterocycles. The largest absolute Gasteiger partial charge is 0.487 e. The number of hydrogen-bond donors (Lipinski definition) is 0. The van der Waals surface area contributed by atoms with Crippen LogP contribution in [0.4, 0.5) is 0 Å². The zero-order valence-corrected chi connectivity index (χ0v) is 14.6. The van der Waals surface area contributed by atoms with Crippen LogP contribution in [0.15, 0.2) is 18.2 Å². The topological polar surface area (TPSA) is 18.5 Å². The first-order valence-electron chi connectivity index (χ1n) is 8.70. The molecular formula is C19H32NO2+. The lowest BCUT2D eigenvalue weighted by atomic mass is 10.1. The van der Waals surface area contributed by atoms with Gasteiger partial charge in [-0.15, -0.1) is 0 Å². The summed E-state index contributed by atoms with van der Waals surface area (Å²) in [7, 11) is 1.81. The normalized spacial score (nSPS) is 18.0. The molecule has 0 saturated carbocycles. The summed E-state index contributed by atoms with van der Waals surface area (Å²) < 4.78 is 12.7. The van der Waals surface area contributed by atoms with E-state index < -0.39 is 0 Å². The molecule has 0 radical (unpaired) electrons. The Morgan fingerprint density at radius 1 is 0.909 bits per heavy atom. The number of nitrogens with zero attached hydrogens (tertiary/aromatic N) is 1. The van der Waals surface area contributed by atoms with Crippen LogP contribution in [0, 0.1) is 13.8 Å². The maximum atomic E-state index is 6.16. The molecule has 3 nitrogen and oxygen atoms in total. The van der Waals surface area contributed by atoms with Gasteiger partial charge in [0.2, 0.25) is 0 Å². The fourth-order valence-corrected chi connectivity index (χ4v) is 3.57. The van der Waals surface area contributed by atoms with E-state index in [1.165, 1.54) is 54.4 Å². The molecule has 124 valence electrons. The number of para-hydroxylation sites is 1. The Hall–Kier alpha value is -1.06. The Balaban J connectivity index is 1.95. The molecule has 1 aromatic rings. The molecule has 0 amide bonds. The van der Waals surface area contributed by atoms with E-state index in [0.29, 0.717) is 0 Å². The van der Waals surface area contributed by atoms with Gasteiger partial charge in [0.15, 0.2) is 0 Å². The highest BCUT2D eigenvalue weighted by Crippen LogP contribution is 2.23. The standard InChI is InChI=1S/C19H32NO2/c1-17-9-8-10-18(2)19(17)22-16-14-20(13-15-21-3)11-6-4-5-7-12-20/h8-10H,4-7,11-16H2,1-3H3/q+1. The Morgan fingerprint density at radius 3 is 2.09 bits per heavy atom. The number of likely N-dealkylation sites (tertiary alicyclic amines) is 1. The first-order chi connectivity index (χ1) is 10.7. The van der Waals surface area contributed by atoms with Gasteiger partial charge in [-0.2, -0.15) is 0 Å². The highest BCUT2D eigenvalue weighted by Gasteiger charge is 2.28. The molecule has 2 rings (SSSR count). The van der Waals surface area contributed by atoms with Crippen LogP contribution in [0.3, 0.4) is 0 Å². The van der Waals surface area contributed by atoms with Crippen LogP contribution >= 0.6 is 0 Å². The minimum Gasteiger partial charge on any atom is -0.487 e. The highest BCUT2D eigenvalue weighted by molar-refractivity contribution is 5.39. The molecule has 0 unspecified atom stereocenters. The molecule has 1 saturated heterocycles. The monoisotopic (exact) mass is 306 g/mol. The third kappa shape index (κ3) is 4.72. The third-order valence-corrected chi connectivity index (χ3v) is 5.01. The minimum atomic E-state index is 0.801. The molecule has 1 fully saturated rings. The fraction of sp³-hybridized carbons (Fsp3) is 0.684. The number of aryl methyl sites for hydroxylation is 2. The van der Waals surface area contributed by atoms with Crippen molar-refractivity contribution in [3.63, 3.8) is 0 Å². The number of quaternary nitrogens is 1. The van der Waals surface area contributed by atoms with Crippen LogP contribution in [-0.2, 0) is 4.74 Å². The summed E-state index contributed by atoms with van der Waals surface area (Å²) in [6.07, 6.45) is 5.44. The first kappa shape index (κ1) is 17.3. The number of rotatable bonds is 7. The van der Waals surface area contributed by atoms with Crippen molar-refractivity contribution in [2.45, 2.75) is 39.5 Å². The fourth-order valence-electron chi connectivity index (χ4n) is 3.57. The van der Waals surface area contributed by atoms with Gasteiger partial charge in [0.05, 0.1) is 19.7 Å². The van der Waals surface area contributed by atoms with Gasteiger partial charge in [0.25, 0.3) is 0 Å². The molecule has 1 aromatic carbocycles. The highest BCUT2D eigenvalue weighted by atomic mass is 16.5. The summed E-state index contributed by atoms with van der Waals surface area (Å²) in [5.41, 5.74) is 2.47. The zero-order chi connectivity index (χ0) is 15.8. The molecule has 1 aliphatic heterocycles. The van der Waals surface area contributed by atoms with Crippen LogP contribution in [0.2, 0.25) is 0 Å². The minimum absolute atomic E-state index is 0.801. The summed E-state index contributed by atoms with van der Waals surface area (Å²) in [5, 5.41) is 0. The van der Waals surface area contributed by atoms with E-state index >= 15 is 0 Å². The predicted octanol–water partition coefficient (Wildman–Crippen LogP) is 3.72. The van der Waals surface area contributed by atoms with E-state index in [0.717, 1.165) is 32.1 Å². The van der Waals surface area contributed by atoms with Crippen LogP contribution in [0.1, 0.15) is 36.8 Å². The molecule has 3 heteroatoms. The molecule has 0 N–H and O–H groups in total. The quantitative estimate of drug-likeness (QED) is 0.715. The second-order valence-electron chi connectivity index (χ2n) is 6.71. The molecule has 0 spiro atoms. The molecule has 1 aliphatic rings. The van der Waals surface area contributed by atoms with E-state index in [9.17, 15) is 0 Å². The van der Waals surface area contributed by atoms with Crippen LogP contribution in [-0.4, -0.2) is 51.0 Å². The van der Waals surface area contributed by atoms with Crippen molar-refractivity contribution in [2.24, 2.45) is 0 Å². The average Bonchev–Trinajstić information content (AvgIpc) is 2.74. The van der Waals surface area contributed by atoms with Crippen molar-refractivity contribution >= 4 is 0 Å². The van der Waals surface area contributed by atoms with Crippen molar-refractivity contribution in [1.29, 1.82) is 0 Å². The SMILES string of the molecule is COCC[N+]1(CCOc2c(C)cccc2C)CCCCCC1. The van der Waals surface area contributed by atoms with Crippen molar-refractivity contribution in [2.75, 3.05) is 46.5 Å². The van der Waals surface area contributed by atoms with Gasteiger partial charge in [0.1, 0.15) is 25.4 Å². The number of methoxy groups -OCH3 is 1. The average molecular weight is 306 g/mol. The number of hydrogen-bond acceptors (Lipinski definition) is 2.